The van der Waals surface area contributed by atoms with Gasteiger partial charge in [-0.3, -0.25) is 9.78 Å². The SMILES string of the molecule is Cc1n[nH]c(CCc2nn(C)c(Cc3ccccc3C(C)C)c2C(C)C)c1C(C)C. The van der Waals surface area contributed by atoms with Crippen LogP contribution in [0.4, 0.5) is 0 Å². The maximum absolute atomic E-state index is 4.98. The summed E-state index contributed by atoms with van der Waals surface area (Å²) in [5.74, 6) is 1.45. The van der Waals surface area contributed by atoms with Gasteiger partial charge < -0.3 is 0 Å². The van der Waals surface area contributed by atoms with E-state index in [1.54, 1.807) is 0 Å². The zero-order valence-electron chi connectivity index (χ0n) is 20.0. The number of hydrogen-bond acceptors (Lipinski definition) is 2. The molecule has 0 aliphatic heterocycles. The van der Waals surface area contributed by atoms with E-state index in [1.807, 2.05) is 0 Å². The first-order valence-corrected chi connectivity index (χ1v) is 11.4. The largest absolute Gasteiger partial charge is 0.282 e. The third-order valence-electron chi connectivity index (χ3n) is 6.16. The lowest BCUT2D eigenvalue weighted by molar-refractivity contribution is 0.698. The summed E-state index contributed by atoms with van der Waals surface area (Å²) in [7, 11) is 2.10. The Morgan fingerprint density at radius 1 is 0.900 bits per heavy atom. The minimum atomic E-state index is 0.447. The number of aryl methyl sites for hydroxylation is 4. The fourth-order valence-corrected chi connectivity index (χ4v) is 4.83. The van der Waals surface area contributed by atoms with Gasteiger partial charge in [-0.25, -0.2) is 0 Å². The molecule has 0 amide bonds. The molecule has 4 heteroatoms. The first-order chi connectivity index (χ1) is 14.2. The van der Waals surface area contributed by atoms with Gasteiger partial charge in [-0.2, -0.15) is 10.2 Å². The zero-order valence-corrected chi connectivity index (χ0v) is 20.0. The smallest absolute Gasteiger partial charge is 0.0665 e. The molecule has 0 fully saturated rings. The van der Waals surface area contributed by atoms with Gasteiger partial charge in [0.05, 0.1) is 11.4 Å². The summed E-state index contributed by atoms with van der Waals surface area (Å²) in [6.07, 6.45) is 2.83. The number of benzene rings is 1. The molecular formula is C26H38N4. The second-order valence-corrected chi connectivity index (χ2v) is 9.47. The van der Waals surface area contributed by atoms with Gasteiger partial charge in [0, 0.05) is 24.9 Å². The summed E-state index contributed by atoms with van der Waals surface area (Å²) in [4.78, 5) is 0. The molecule has 0 bridgehead atoms. The zero-order chi connectivity index (χ0) is 22.0. The summed E-state index contributed by atoms with van der Waals surface area (Å²) in [6, 6.07) is 8.84. The van der Waals surface area contributed by atoms with E-state index in [2.05, 4.69) is 94.7 Å². The fraction of sp³-hybridized carbons (Fsp3) is 0.538. The highest BCUT2D eigenvalue weighted by molar-refractivity contribution is 5.39. The average Bonchev–Trinajstić information content (AvgIpc) is 3.20. The van der Waals surface area contributed by atoms with E-state index in [0.717, 1.165) is 25.0 Å². The number of aromatic nitrogens is 4. The van der Waals surface area contributed by atoms with E-state index in [9.17, 15) is 0 Å². The molecule has 0 aliphatic rings. The second kappa shape index (κ2) is 9.20. The van der Waals surface area contributed by atoms with Gasteiger partial charge in [0.25, 0.3) is 0 Å². The van der Waals surface area contributed by atoms with Crippen molar-refractivity contribution in [3.8, 4) is 0 Å². The van der Waals surface area contributed by atoms with E-state index in [4.69, 9.17) is 5.10 Å². The Bertz CT molecular complexity index is 989. The van der Waals surface area contributed by atoms with Gasteiger partial charge >= 0.3 is 0 Å². The van der Waals surface area contributed by atoms with Crippen molar-refractivity contribution in [2.24, 2.45) is 7.05 Å². The van der Waals surface area contributed by atoms with Gasteiger partial charge in [-0.05, 0) is 59.8 Å². The minimum Gasteiger partial charge on any atom is -0.282 e. The van der Waals surface area contributed by atoms with Crippen LogP contribution in [0.2, 0.25) is 0 Å². The highest BCUT2D eigenvalue weighted by Gasteiger charge is 2.21. The van der Waals surface area contributed by atoms with Crippen LogP contribution in [-0.2, 0) is 26.3 Å². The number of aromatic amines is 1. The molecule has 2 aromatic heterocycles. The molecule has 3 aromatic rings. The molecule has 0 aliphatic carbocycles. The Balaban J connectivity index is 1.92. The molecule has 0 saturated heterocycles. The Morgan fingerprint density at radius 2 is 1.57 bits per heavy atom. The van der Waals surface area contributed by atoms with Crippen molar-refractivity contribution >= 4 is 0 Å². The van der Waals surface area contributed by atoms with Gasteiger partial charge in [0.2, 0.25) is 0 Å². The molecule has 162 valence electrons. The number of nitrogens with one attached hydrogen (secondary N) is 1. The maximum atomic E-state index is 4.98. The molecule has 0 radical (unpaired) electrons. The van der Waals surface area contributed by atoms with Crippen molar-refractivity contribution in [2.45, 2.75) is 85.5 Å². The summed E-state index contributed by atoms with van der Waals surface area (Å²) in [5, 5.41) is 12.7. The van der Waals surface area contributed by atoms with E-state index < -0.39 is 0 Å². The highest BCUT2D eigenvalue weighted by Crippen LogP contribution is 2.30. The van der Waals surface area contributed by atoms with Gasteiger partial charge in [-0.15, -0.1) is 0 Å². The lowest BCUT2D eigenvalue weighted by Gasteiger charge is -2.15. The molecule has 1 aromatic carbocycles. The Kier molecular flexibility index (Phi) is 6.84. The van der Waals surface area contributed by atoms with E-state index in [1.165, 1.54) is 39.3 Å². The first kappa shape index (κ1) is 22.3. The number of H-pyrrole nitrogens is 1. The topological polar surface area (TPSA) is 46.5 Å². The van der Waals surface area contributed by atoms with Crippen LogP contribution in [0, 0.1) is 6.92 Å². The molecule has 4 nitrogen and oxygen atoms in total. The number of nitrogens with zero attached hydrogens (tertiary/aromatic N) is 3. The lowest BCUT2D eigenvalue weighted by atomic mass is 9.90. The molecule has 0 saturated carbocycles. The van der Waals surface area contributed by atoms with Crippen LogP contribution in [0.1, 0.15) is 104 Å². The molecule has 1 N–H and O–H groups in total. The van der Waals surface area contributed by atoms with Crippen LogP contribution < -0.4 is 0 Å². The van der Waals surface area contributed by atoms with Gasteiger partial charge in [0.1, 0.15) is 0 Å². The quantitative estimate of drug-likeness (QED) is 0.484. The van der Waals surface area contributed by atoms with Crippen LogP contribution >= 0.6 is 0 Å². The summed E-state index contributed by atoms with van der Waals surface area (Å²) >= 11 is 0. The van der Waals surface area contributed by atoms with Crippen molar-refractivity contribution in [1.82, 2.24) is 20.0 Å². The van der Waals surface area contributed by atoms with Crippen molar-refractivity contribution in [2.75, 3.05) is 0 Å². The third-order valence-corrected chi connectivity index (χ3v) is 6.16. The van der Waals surface area contributed by atoms with E-state index in [0.29, 0.717) is 17.8 Å². The van der Waals surface area contributed by atoms with E-state index in [-0.39, 0.29) is 0 Å². The second-order valence-electron chi connectivity index (χ2n) is 9.47. The first-order valence-electron chi connectivity index (χ1n) is 11.4. The van der Waals surface area contributed by atoms with Crippen molar-refractivity contribution in [3.05, 3.63) is 69.3 Å². The van der Waals surface area contributed by atoms with Gasteiger partial charge in [0.15, 0.2) is 0 Å². The molecule has 2 heterocycles. The van der Waals surface area contributed by atoms with Crippen LogP contribution in [0.3, 0.4) is 0 Å². The third kappa shape index (κ3) is 4.53. The normalized spacial score (nSPS) is 12.0. The summed E-state index contributed by atoms with van der Waals surface area (Å²) < 4.78 is 2.11. The molecule has 0 spiro atoms. The van der Waals surface area contributed by atoms with Crippen LogP contribution in [0.25, 0.3) is 0 Å². The van der Waals surface area contributed by atoms with Crippen molar-refractivity contribution in [1.29, 1.82) is 0 Å². The maximum Gasteiger partial charge on any atom is 0.0665 e. The number of rotatable bonds is 8. The molecule has 0 atom stereocenters. The molecule has 3 rings (SSSR count). The number of hydrogen-bond donors (Lipinski definition) is 1. The lowest BCUT2D eigenvalue weighted by Crippen LogP contribution is -2.06. The predicted octanol–water partition coefficient (Wildman–Crippen LogP) is 6.20. The summed E-state index contributed by atoms with van der Waals surface area (Å²) in [6.45, 7) is 15.7. The fourth-order valence-electron chi connectivity index (χ4n) is 4.83. The summed E-state index contributed by atoms with van der Waals surface area (Å²) in [5.41, 5.74) is 10.6. The standard InChI is InChI=1S/C26H38N4/c1-16(2)21-12-10-9-11-20(21)15-24-26(18(5)6)23(29-30(24)8)14-13-22-25(17(3)4)19(7)27-28-22/h9-12,16-18H,13-15H2,1-8H3,(H,27,28). The molecule has 30 heavy (non-hydrogen) atoms. The predicted molar refractivity (Wildman–Crippen MR) is 125 cm³/mol. The Labute approximate surface area is 182 Å². The monoisotopic (exact) mass is 406 g/mol. The van der Waals surface area contributed by atoms with Gasteiger partial charge in [-0.1, -0.05) is 65.8 Å². The Hall–Kier alpha value is -2.36. The molecular weight excluding hydrogens is 368 g/mol. The van der Waals surface area contributed by atoms with Crippen LogP contribution in [0.15, 0.2) is 24.3 Å². The van der Waals surface area contributed by atoms with Crippen LogP contribution in [-0.4, -0.2) is 20.0 Å². The van der Waals surface area contributed by atoms with Crippen molar-refractivity contribution < 1.29 is 0 Å². The molecule has 0 unspecified atom stereocenters. The minimum absolute atomic E-state index is 0.447. The Morgan fingerprint density at radius 3 is 2.20 bits per heavy atom. The van der Waals surface area contributed by atoms with Crippen LogP contribution in [0.5, 0.6) is 0 Å². The average molecular weight is 407 g/mol. The van der Waals surface area contributed by atoms with Crippen molar-refractivity contribution in [3.63, 3.8) is 0 Å². The van der Waals surface area contributed by atoms with E-state index >= 15 is 0 Å². The highest BCUT2D eigenvalue weighted by atomic mass is 15.3.